The molecule has 0 aliphatic rings. The van der Waals surface area contributed by atoms with Crippen molar-refractivity contribution in [2.75, 3.05) is 26.4 Å². The summed E-state index contributed by atoms with van der Waals surface area (Å²) < 4.78 is 26.4. The second-order valence-corrected chi connectivity index (χ2v) is 10.8. The van der Waals surface area contributed by atoms with Gasteiger partial charge in [-0.2, -0.15) is 0 Å². The van der Waals surface area contributed by atoms with Gasteiger partial charge in [0.05, 0.1) is 13.2 Å². The summed E-state index contributed by atoms with van der Waals surface area (Å²) in [5.74, 6) is -0.531. The molecule has 0 heterocycles. The molecule has 10 heteroatoms. The third-order valence-corrected chi connectivity index (χ3v) is 6.77. The van der Waals surface area contributed by atoms with Crippen LogP contribution >= 0.6 is 7.82 Å². The van der Waals surface area contributed by atoms with E-state index >= 15 is 0 Å². The molecular formula is C26H52NO8P. The van der Waals surface area contributed by atoms with Crippen LogP contribution in [0.25, 0.3) is 0 Å². The van der Waals surface area contributed by atoms with E-state index in [1.165, 1.54) is 44.9 Å². The van der Waals surface area contributed by atoms with Crippen molar-refractivity contribution in [2.45, 2.75) is 129 Å². The highest BCUT2D eigenvalue weighted by Crippen LogP contribution is 2.42. The number of aliphatic hydroxyl groups excluding tert-OH is 1. The predicted octanol–water partition coefficient (Wildman–Crippen LogP) is 5.81. The van der Waals surface area contributed by atoms with Gasteiger partial charge in [-0.25, -0.2) is 4.57 Å². The Kier molecular flexibility index (Phi) is 23.7. The molecule has 3 N–H and O–H groups in total. The first-order chi connectivity index (χ1) is 17.3. The highest BCUT2D eigenvalue weighted by atomic mass is 31.2. The summed E-state index contributed by atoms with van der Waals surface area (Å²) in [7, 11) is -4.38. The molecule has 0 aromatic carbocycles. The van der Waals surface area contributed by atoms with Crippen LogP contribution < -0.4 is 5.32 Å². The van der Waals surface area contributed by atoms with E-state index in [4.69, 9.17) is 13.8 Å². The number of amides is 1. The lowest BCUT2D eigenvalue weighted by atomic mass is 10.1. The number of carbonyl (C=O) groups excluding carboxylic acids is 2. The van der Waals surface area contributed by atoms with Crippen LogP contribution in [0.5, 0.6) is 0 Å². The number of hydrogen-bond donors (Lipinski definition) is 3. The number of carbonyl (C=O) groups is 2. The van der Waals surface area contributed by atoms with E-state index in [-0.39, 0.29) is 32.1 Å². The van der Waals surface area contributed by atoms with Crippen LogP contribution in [0.1, 0.15) is 123 Å². The molecule has 0 radical (unpaired) electrons. The van der Waals surface area contributed by atoms with Gasteiger partial charge in [-0.05, 0) is 12.8 Å². The highest BCUT2D eigenvalue weighted by Gasteiger charge is 2.23. The summed E-state index contributed by atoms with van der Waals surface area (Å²) >= 11 is 0. The van der Waals surface area contributed by atoms with Gasteiger partial charge in [-0.15, -0.1) is 0 Å². The molecule has 0 saturated carbocycles. The molecule has 9 nitrogen and oxygen atoms in total. The van der Waals surface area contributed by atoms with Crippen molar-refractivity contribution in [3.63, 3.8) is 0 Å². The van der Waals surface area contributed by atoms with Crippen molar-refractivity contribution in [1.82, 2.24) is 5.32 Å². The van der Waals surface area contributed by atoms with Crippen LogP contribution in [0.3, 0.4) is 0 Å². The normalized spacial score (nSPS) is 13.8. The molecule has 0 aromatic heterocycles. The minimum Gasteiger partial charge on any atom is -0.463 e. The number of phosphoric ester groups is 1. The summed E-state index contributed by atoms with van der Waals surface area (Å²) in [6.45, 7) is 3.40. The Hall–Kier alpha value is -0.990. The van der Waals surface area contributed by atoms with E-state index in [0.29, 0.717) is 6.42 Å². The van der Waals surface area contributed by atoms with Gasteiger partial charge in [0.25, 0.3) is 0 Å². The molecule has 0 aromatic rings. The first kappa shape index (κ1) is 35.0. The molecule has 0 saturated heterocycles. The van der Waals surface area contributed by atoms with Gasteiger partial charge in [-0.3, -0.25) is 18.6 Å². The van der Waals surface area contributed by atoms with Crippen LogP contribution in [0.2, 0.25) is 0 Å². The van der Waals surface area contributed by atoms with Crippen molar-refractivity contribution < 1.29 is 37.9 Å². The quantitative estimate of drug-likeness (QED) is 0.0715. The molecule has 0 bridgehead atoms. The third kappa shape index (κ3) is 24.7. The maximum atomic E-state index is 11.9. The molecule has 0 fully saturated rings. The Balaban J connectivity index is 3.67. The van der Waals surface area contributed by atoms with Crippen LogP contribution in [0.15, 0.2) is 0 Å². The number of nitrogens with one attached hydrogen (secondary N) is 1. The summed E-state index contributed by atoms with van der Waals surface area (Å²) in [5, 5.41) is 12.4. The third-order valence-electron chi connectivity index (χ3n) is 5.79. The van der Waals surface area contributed by atoms with Gasteiger partial charge in [0.2, 0.25) is 5.91 Å². The average Bonchev–Trinajstić information content (AvgIpc) is 2.85. The van der Waals surface area contributed by atoms with Crippen LogP contribution in [0, 0.1) is 0 Å². The summed E-state index contributed by atoms with van der Waals surface area (Å²) in [6.07, 6.45) is 16.5. The maximum Gasteiger partial charge on any atom is 0.472 e. The van der Waals surface area contributed by atoms with E-state index in [1.54, 1.807) is 0 Å². The number of esters is 1. The number of unbranched alkanes of at least 4 members (excludes halogenated alkanes) is 13. The fourth-order valence-corrected chi connectivity index (χ4v) is 4.37. The van der Waals surface area contributed by atoms with E-state index in [0.717, 1.165) is 51.4 Å². The lowest BCUT2D eigenvalue weighted by molar-refractivity contribution is -0.147. The zero-order chi connectivity index (χ0) is 26.9. The molecule has 36 heavy (non-hydrogen) atoms. The van der Waals surface area contributed by atoms with Crippen molar-refractivity contribution in [1.29, 1.82) is 0 Å². The molecule has 0 aliphatic heterocycles. The fraction of sp³-hybridized carbons (Fsp3) is 0.923. The van der Waals surface area contributed by atoms with Crippen molar-refractivity contribution >= 4 is 19.7 Å². The first-order valence-corrected chi connectivity index (χ1v) is 15.5. The zero-order valence-electron chi connectivity index (χ0n) is 22.7. The molecule has 0 rings (SSSR count). The van der Waals surface area contributed by atoms with Crippen molar-refractivity contribution in [3.8, 4) is 0 Å². The van der Waals surface area contributed by atoms with E-state index < -0.39 is 26.5 Å². The molecule has 2 unspecified atom stereocenters. The number of hydrogen-bond acceptors (Lipinski definition) is 7. The Morgan fingerprint density at radius 1 is 0.750 bits per heavy atom. The van der Waals surface area contributed by atoms with Gasteiger partial charge in [0, 0.05) is 19.4 Å². The molecule has 0 aliphatic carbocycles. The van der Waals surface area contributed by atoms with Gasteiger partial charge in [0.15, 0.2) is 0 Å². The number of phosphoric acid groups is 1. The standard InChI is InChI=1S/C26H52NO8P/c1-3-5-7-9-10-11-12-13-15-16-18-25(29)27-20-21-34-36(31,32)35-23-24(28)22-33-26(30)19-17-14-8-6-4-2/h24,28H,3-23H2,1-2H3,(H,27,29)(H,31,32). The molecule has 214 valence electrons. The second kappa shape index (κ2) is 24.4. The van der Waals surface area contributed by atoms with Crippen molar-refractivity contribution in [2.24, 2.45) is 0 Å². The van der Waals surface area contributed by atoms with Crippen LogP contribution in [-0.4, -0.2) is 54.3 Å². The predicted molar refractivity (Wildman–Crippen MR) is 142 cm³/mol. The zero-order valence-corrected chi connectivity index (χ0v) is 23.6. The second-order valence-electron chi connectivity index (χ2n) is 9.38. The average molecular weight is 538 g/mol. The fourth-order valence-electron chi connectivity index (χ4n) is 3.61. The number of ether oxygens (including phenoxy) is 1. The highest BCUT2D eigenvalue weighted by molar-refractivity contribution is 7.47. The van der Waals surface area contributed by atoms with Crippen LogP contribution in [-0.2, 0) is 27.9 Å². The number of rotatable bonds is 26. The Bertz CT molecular complexity index is 590. The van der Waals surface area contributed by atoms with Gasteiger partial charge in [-0.1, -0.05) is 97.3 Å². The van der Waals surface area contributed by atoms with Crippen LogP contribution in [0.4, 0.5) is 0 Å². The molecule has 0 spiro atoms. The summed E-state index contributed by atoms with van der Waals surface area (Å²) in [6, 6.07) is 0. The molecular weight excluding hydrogens is 485 g/mol. The minimum atomic E-state index is -4.38. The smallest absolute Gasteiger partial charge is 0.463 e. The molecule has 2 atom stereocenters. The SMILES string of the molecule is CCCCCCCCCCCCC(=O)NCCOP(=O)(O)OCC(O)COC(=O)CCCCCCC. The Morgan fingerprint density at radius 2 is 1.25 bits per heavy atom. The molecule has 1 amide bonds. The number of aliphatic hydroxyl groups is 1. The monoisotopic (exact) mass is 537 g/mol. The van der Waals surface area contributed by atoms with Crippen molar-refractivity contribution in [3.05, 3.63) is 0 Å². The first-order valence-electron chi connectivity index (χ1n) is 14.0. The summed E-state index contributed by atoms with van der Waals surface area (Å²) in [4.78, 5) is 33.2. The van der Waals surface area contributed by atoms with E-state index in [1.807, 2.05) is 0 Å². The van der Waals surface area contributed by atoms with Gasteiger partial charge in [0.1, 0.15) is 12.7 Å². The van der Waals surface area contributed by atoms with E-state index in [2.05, 4.69) is 19.2 Å². The lowest BCUT2D eigenvalue weighted by Gasteiger charge is -2.15. The minimum absolute atomic E-state index is 0.0862. The Labute approximate surface area is 218 Å². The van der Waals surface area contributed by atoms with Gasteiger partial charge >= 0.3 is 13.8 Å². The topological polar surface area (TPSA) is 131 Å². The van der Waals surface area contributed by atoms with E-state index in [9.17, 15) is 24.2 Å². The maximum absolute atomic E-state index is 11.9. The summed E-state index contributed by atoms with van der Waals surface area (Å²) in [5.41, 5.74) is 0. The Morgan fingerprint density at radius 3 is 1.81 bits per heavy atom. The largest absolute Gasteiger partial charge is 0.472 e. The lowest BCUT2D eigenvalue weighted by Crippen LogP contribution is -2.27. The van der Waals surface area contributed by atoms with Gasteiger partial charge < -0.3 is 20.1 Å².